The molecule has 0 saturated heterocycles. The standard InChI is InChI=1S/C11H15N3O2S2/c1-2-9-3-4-11(17-9)18(15,16)14-6-5-10-12-7-8-13-10/h3-4,7-8,14H,2,5-6H2,1H3,(H,12,13). The summed E-state index contributed by atoms with van der Waals surface area (Å²) in [6.07, 6.45) is 4.78. The van der Waals surface area contributed by atoms with Gasteiger partial charge in [-0.2, -0.15) is 0 Å². The fraction of sp³-hybridized carbons (Fsp3) is 0.364. The lowest BCUT2D eigenvalue weighted by atomic mass is 10.4. The molecule has 0 atom stereocenters. The van der Waals surface area contributed by atoms with Crippen LogP contribution >= 0.6 is 11.3 Å². The van der Waals surface area contributed by atoms with E-state index in [0.29, 0.717) is 17.2 Å². The lowest BCUT2D eigenvalue weighted by Gasteiger charge is -2.03. The summed E-state index contributed by atoms with van der Waals surface area (Å²) in [7, 11) is -3.38. The molecule has 0 aromatic carbocycles. The topological polar surface area (TPSA) is 74.8 Å². The zero-order valence-electron chi connectivity index (χ0n) is 10.0. The summed E-state index contributed by atoms with van der Waals surface area (Å²) in [5, 5.41) is 0. The summed E-state index contributed by atoms with van der Waals surface area (Å²) < 4.78 is 26.9. The van der Waals surface area contributed by atoms with Crippen LogP contribution in [0.15, 0.2) is 28.7 Å². The fourth-order valence-electron chi connectivity index (χ4n) is 1.50. The van der Waals surface area contributed by atoms with Crippen LogP contribution in [0, 0.1) is 0 Å². The van der Waals surface area contributed by atoms with E-state index in [4.69, 9.17) is 0 Å². The van der Waals surface area contributed by atoms with Crippen LogP contribution in [0.1, 0.15) is 17.6 Å². The fourth-order valence-corrected chi connectivity index (χ4v) is 3.87. The molecule has 18 heavy (non-hydrogen) atoms. The van der Waals surface area contributed by atoms with E-state index in [1.165, 1.54) is 11.3 Å². The summed E-state index contributed by atoms with van der Waals surface area (Å²) >= 11 is 1.31. The van der Waals surface area contributed by atoms with Crippen molar-refractivity contribution in [2.24, 2.45) is 0 Å². The Morgan fingerprint density at radius 3 is 2.89 bits per heavy atom. The third kappa shape index (κ3) is 3.18. The third-order valence-electron chi connectivity index (χ3n) is 2.46. The smallest absolute Gasteiger partial charge is 0.250 e. The van der Waals surface area contributed by atoms with Gasteiger partial charge in [-0.15, -0.1) is 11.3 Å². The van der Waals surface area contributed by atoms with Crippen LogP contribution in [0.25, 0.3) is 0 Å². The first-order chi connectivity index (χ1) is 8.62. The second-order valence-electron chi connectivity index (χ2n) is 3.76. The van der Waals surface area contributed by atoms with Crippen LogP contribution in [0.2, 0.25) is 0 Å². The molecule has 0 spiro atoms. The van der Waals surface area contributed by atoms with E-state index in [1.54, 1.807) is 18.5 Å². The van der Waals surface area contributed by atoms with Crippen molar-refractivity contribution in [3.63, 3.8) is 0 Å². The highest BCUT2D eigenvalue weighted by molar-refractivity contribution is 7.91. The van der Waals surface area contributed by atoms with Gasteiger partial charge in [0.05, 0.1) is 0 Å². The van der Waals surface area contributed by atoms with Crippen LogP contribution < -0.4 is 4.72 Å². The third-order valence-corrected chi connectivity index (χ3v) is 5.64. The van der Waals surface area contributed by atoms with Gasteiger partial charge in [-0.3, -0.25) is 0 Å². The molecule has 2 aromatic heterocycles. The first-order valence-electron chi connectivity index (χ1n) is 5.68. The molecule has 0 aliphatic rings. The van der Waals surface area contributed by atoms with Crippen molar-refractivity contribution in [2.75, 3.05) is 6.54 Å². The average Bonchev–Trinajstić information content (AvgIpc) is 2.99. The van der Waals surface area contributed by atoms with E-state index in [1.807, 2.05) is 13.0 Å². The number of aryl methyl sites for hydroxylation is 1. The first-order valence-corrected chi connectivity index (χ1v) is 7.98. The highest BCUT2D eigenvalue weighted by Crippen LogP contribution is 2.21. The van der Waals surface area contributed by atoms with E-state index >= 15 is 0 Å². The lowest BCUT2D eigenvalue weighted by molar-refractivity contribution is 0.583. The van der Waals surface area contributed by atoms with Gasteiger partial charge >= 0.3 is 0 Å². The van der Waals surface area contributed by atoms with Crippen molar-refractivity contribution in [3.8, 4) is 0 Å². The van der Waals surface area contributed by atoms with Gasteiger partial charge in [-0.05, 0) is 18.6 Å². The minimum atomic E-state index is -3.38. The Morgan fingerprint density at radius 1 is 1.44 bits per heavy atom. The summed E-state index contributed by atoms with van der Waals surface area (Å²) in [5.74, 6) is 0.776. The van der Waals surface area contributed by atoms with E-state index in [0.717, 1.165) is 17.1 Å². The number of hydrogen-bond acceptors (Lipinski definition) is 4. The van der Waals surface area contributed by atoms with Gasteiger partial charge < -0.3 is 4.98 Å². The highest BCUT2D eigenvalue weighted by atomic mass is 32.2. The Bertz CT molecular complexity index is 588. The number of sulfonamides is 1. The highest BCUT2D eigenvalue weighted by Gasteiger charge is 2.15. The van der Waals surface area contributed by atoms with Gasteiger partial charge in [0.15, 0.2) is 0 Å². The minimum absolute atomic E-state index is 0.342. The Kier molecular flexibility index (Phi) is 4.15. The van der Waals surface area contributed by atoms with Crippen LogP contribution in [0.4, 0.5) is 0 Å². The van der Waals surface area contributed by atoms with E-state index in [2.05, 4.69) is 14.7 Å². The number of nitrogens with one attached hydrogen (secondary N) is 2. The monoisotopic (exact) mass is 285 g/mol. The van der Waals surface area contributed by atoms with Gasteiger partial charge in [-0.25, -0.2) is 18.1 Å². The van der Waals surface area contributed by atoms with Gasteiger partial charge in [-0.1, -0.05) is 6.92 Å². The molecular weight excluding hydrogens is 270 g/mol. The molecule has 0 amide bonds. The molecule has 98 valence electrons. The molecule has 0 aliphatic heterocycles. The van der Waals surface area contributed by atoms with Gasteiger partial charge in [0.1, 0.15) is 10.0 Å². The molecule has 0 fully saturated rings. The average molecular weight is 285 g/mol. The Morgan fingerprint density at radius 2 is 2.28 bits per heavy atom. The van der Waals surface area contributed by atoms with E-state index in [-0.39, 0.29) is 0 Å². The predicted octanol–water partition coefficient (Wildman–Crippen LogP) is 1.55. The number of thiophene rings is 1. The second-order valence-corrected chi connectivity index (χ2v) is 6.92. The Hall–Kier alpha value is -1.18. The minimum Gasteiger partial charge on any atom is -0.349 e. The number of aromatic amines is 1. The van der Waals surface area contributed by atoms with Crippen molar-refractivity contribution < 1.29 is 8.42 Å². The van der Waals surface area contributed by atoms with Crippen LogP contribution in [-0.2, 0) is 22.9 Å². The lowest BCUT2D eigenvalue weighted by Crippen LogP contribution is -2.25. The van der Waals surface area contributed by atoms with Crippen LogP contribution in [0.5, 0.6) is 0 Å². The molecular formula is C11H15N3O2S2. The van der Waals surface area contributed by atoms with Crippen molar-refractivity contribution in [1.82, 2.24) is 14.7 Å². The molecule has 0 bridgehead atoms. The number of rotatable bonds is 6. The molecule has 0 radical (unpaired) electrons. The maximum atomic E-state index is 12.0. The second kappa shape index (κ2) is 5.64. The maximum absolute atomic E-state index is 12.0. The SMILES string of the molecule is CCc1ccc(S(=O)(=O)NCCc2ncc[nH]2)s1. The van der Waals surface area contributed by atoms with Crippen LogP contribution in [-0.4, -0.2) is 24.9 Å². The summed E-state index contributed by atoms with van der Waals surface area (Å²) in [6.45, 7) is 2.35. The number of nitrogens with zero attached hydrogens (tertiary/aromatic N) is 1. The van der Waals surface area contributed by atoms with Gasteiger partial charge in [0.2, 0.25) is 10.0 Å². The first kappa shape index (κ1) is 13.3. The predicted molar refractivity (Wildman–Crippen MR) is 71.2 cm³/mol. The number of imidazole rings is 1. The van der Waals surface area contributed by atoms with Crippen molar-refractivity contribution in [3.05, 3.63) is 35.2 Å². The zero-order valence-corrected chi connectivity index (χ0v) is 11.6. The number of H-pyrrole nitrogens is 1. The summed E-state index contributed by atoms with van der Waals surface area (Å²) in [5.41, 5.74) is 0. The molecule has 0 unspecified atom stereocenters. The number of hydrogen-bond donors (Lipinski definition) is 2. The van der Waals surface area contributed by atoms with Crippen LogP contribution in [0.3, 0.4) is 0 Å². The molecule has 2 heterocycles. The Labute approximate surface area is 110 Å². The number of aromatic nitrogens is 2. The summed E-state index contributed by atoms with van der Waals surface area (Å²) in [6, 6.07) is 3.50. The molecule has 0 saturated carbocycles. The maximum Gasteiger partial charge on any atom is 0.250 e. The van der Waals surface area contributed by atoms with Crippen molar-refractivity contribution in [2.45, 2.75) is 24.0 Å². The van der Waals surface area contributed by atoms with Crippen molar-refractivity contribution in [1.29, 1.82) is 0 Å². The molecule has 2 rings (SSSR count). The zero-order chi connectivity index (χ0) is 13.0. The molecule has 2 aromatic rings. The molecule has 0 aliphatic carbocycles. The molecule has 5 nitrogen and oxygen atoms in total. The van der Waals surface area contributed by atoms with E-state index in [9.17, 15) is 8.42 Å². The molecule has 7 heteroatoms. The van der Waals surface area contributed by atoms with Crippen molar-refractivity contribution >= 4 is 21.4 Å². The van der Waals surface area contributed by atoms with Gasteiger partial charge in [0.25, 0.3) is 0 Å². The molecule has 2 N–H and O–H groups in total. The van der Waals surface area contributed by atoms with E-state index < -0.39 is 10.0 Å². The summed E-state index contributed by atoms with van der Waals surface area (Å²) in [4.78, 5) is 8.04. The normalized spacial score (nSPS) is 11.8. The largest absolute Gasteiger partial charge is 0.349 e. The van der Waals surface area contributed by atoms with Gasteiger partial charge in [0, 0.05) is 30.2 Å². The quantitative estimate of drug-likeness (QED) is 0.845. The Balaban J connectivity index is 1.95.